The summed E-state index contributed by atoms with van der Waals surface area (Å²) >= 11 is 5.85. The number of carbonyl (C=O) groups excluding carboxylic acids is 1. The third-order valence-electron chi connectivity index (χ3n) is 4.00. The number of aryl methyl sites for hydroxylation is 1. The topological polar surface area (TPSA) is 29.5 Å². The van der Waals surface area contributed by atoms with Crippen molar-refractivity contribution >= 4 is 17.5 Å². The van der Waals surface area contributed by atoms with Crippen molar-refractivity contribution in [1.29, 1.82) is 0 Å². The Hall–Kier alpha value is -1.22. The maximum Gasteiger partial charge on any atom is 0.223 e. The van der Waals surface area contributed by atoms with Crippen molar-refractivity contribution in [2.75, 3.05) is 19.5 Å². The van der Waals surface area contributed by atoms with E-state index in [9.17, 15) is 4.79 Å². The van der Waals surface area contributed by atoms with Gasteiger partial charge in [0.25, 0.3) is 0 Å². The number of hydrogen-bond acceptors (Lipinski definition) is 2. The highest BCUT2D eigenvalue weighted by atomic mass is 35.5. The van der Waals surface area contributed by atoms with Crippen LogP contribution >= 0.6 is 11.6 Å². The minimum absolute atomic E-state index is 0.248. The number of halogens is 1. The second-order valence-electron chi connectivity index (χ2n) is 5.51. The maximum absolute atomic E-state index is 11.9. The van der Waals surface area contributed by atoms with Crippen LogP contribution < -0.4 is 4.74 Å². The highest BCUT2D eigenvalue weighted by molar-refractivity contribution is 6.18. The molecule has 0 bridgehead atoms. The Morgan fingerprint density at radius 1 is 1.40 bits per heavy atom. The fourth-order valence-electron chi connectivity index (χ4n) is 2.66. The fourth-order valence-corrected chi connectivity index (χ4v) is 2.87. The SMILES string of the molecule is COc1ccc(CCC(C)N2CC(CCl)CC2=O)cc1. The predicted octanol–water partition coefficient (Wildman–Crippen LogP) is 3.10. The summed E-state index contributed by atoms with van der Waals surface area (Å²) < 4.78 is 5.15. The predicted molar refractivity (Wildman–Crippen MR) is 81.3 cm³/mol. The van der Waals surface area contributed by atoms with Gasteiger partial charge in [-0.3, -0.25) is 4.79 Å². The van der Waals surface area contributed by atoms with E-state index in [2.05, 4.69) is 19.1 Å². The zero-order valence-electron chi connectivity index (χ0n) is 12.1. The van der Waals surface area contributed by atoms with Gasteiger partial charge >= 0.3 is 0 Å². The summed E-state index contributed by atoms with van der Waals surface area (Å²) in [4.78, 5) is 13.9. The summed E-state index contributed by atoms with van der Waals surface area (Å²) in [5.41, 5.74) is 1.28. The van der Waals surface area contributed by atoms with Gasteiger partial charge in [0, 0.05) is 24.9 Å². The average Bonchev–Trinajstić information content (AvgIpc) is 2.86. The molecule has 4 heteroatoms. The standard InChI is InChI=1S/C16H22ClNO2/c1-12(18-11-14(10-17)9-16(18)19)3-4-13-5-7-15(20-2)8-6-13/h5-8,12,14H,3-4,9-11H2,1-2H3. The van der Waals surface area contributed by atoms with Crippen molar-refractivity contribution in [1.82, 2.24) is 4.90 Å². The molecule has 1 aromatic carbocycles. The van der Waals surface area contributed by atoms with E-state index in [1.165, 1.54) is 5.56 Å². The second kappa shape index (κ2) is 6.98. The van der Waals surface area contributed by atoms with E-state index in [-0.39, 0.29) is 11.9 Å². The number of ether oxygens (including phenoxy) is 1. The molecule has 2 atom stereocenters. The first-order chi connectivity index (χ1) is 9.63. The monoisotopic (exact) mass is 295 g/mol. The lowest BCUT2D eigenvalue weighted by Gasteiger charge is -2.24. The van der Waals surface area contributed by atoms with E-state index < -0.39 is 0 Å². The van der Waals surface area contributed by atoms with E-state index in [1.807, 2.05) is 17.0 Å². The lowest BCUT2D eigenvalue weighted by molar-refractivity contribution is -0.129. The van der Waals surface area contributed by atoms with Gasteiger partial charge < -0.3 is 9.64 Å². The van der Waals surface area contributed by atoms with Gasteiger partial charge in [0.2, 0.25) is 5.91 Å². The number of hydrogen-bond donors (Lipinski definition) is 0. The molecule has 0 saturated carbocycles. The summed E-state index contributed by atoms with van der Waals surface area (Å²) in [6, 6.07) is 8.39. The molecule has 0 aliphatic carbocycles. The number of methoxy groups -OCH3 is 1. The molecule has 0 N–H and O–H groups in total. The minimum Gasteiger partial charge on any atom is -0.497 e. The number of rotatable bonds is 6. The molecule has 0 spiro atoms. The van der Waals surface area contributed by atoms with Crippen molar-refractivity contribution in [3.63, 3.8) is 0 Å². The lowest BCUT2D eigenvalue weighted by Crippen LogP contribution is -2.34. The van der Waals surface area contributed by atoms with Crippen LogP contribution in [0.1, 0.15) is 25.3 Å². The smallest absolute Gasteiger partial charge is 0.223 e. The molecule has 110 valence electrons. The number of benzene rings is 1. The van der Waals surface area contributed by atoms with Gasteiger partial charge in [-0.15, -0.1) is 11.6 Å². The van der Waals surface area contributed by atoms with Gasteiger partial charge in [0.1, 0.15) is 5.75 Å². The first-order valence-electron chi connectivity index (χ1n) is 7.12. The van der Waals surface area contributed by atoms with Crippen LogP contribution in [0.4, 0.5) is 0 Å². The summed E-state index contributed by atoms with van der Waals surface area (Å²) in [6.45, 7) is 2.93. The highest BCUT2D eigenvalue weighted by Crippen LogP contribution is 2.23. The van der Waals surface area contributed by atoms with Crippen LogP contribution in [0.5, 0.6) is 5.75 Å². The Kier molecular flexibility index (Phi) is 5.30. The van der Waals surface area contributed by atoms with E-state index in [1.54, 1.807) is 7.11 Å². The molecule has 0 aromatic heterocycles. The third kappa shape index (κ3) is 3.66. The zero-order valence-corrected chi connectivity index (χ0v) is 12.9. The number of nitrogens with zero attached hydrogens (tertiary/aromatic N) is 1. The molecular weight excluding hydrogens is 274 g/mol. The molecule has 20 heavy (non-hydrogen) atoms. The number of likely N-dealkylation sites (tertiary alicyclic amines) is 1. The molecule has 0 radical (unpaired) electrons. The molecule has 1 aromatic rings. The van der Waals surface area contributed by atoms with Crippen molar-refractivity contribution in [2.24, 2.45) is 5.92 Å². The number of carbonyl (C=O) groups is 1. The molecule has 3 nitrogen and oxygen atoms in total. The normalized spacial score (nSPS) is 20.2. The van der Waals surface area contributed by atoms with Gasteiger partial charge in [-0.1, -0.05) is 12.1 Å². The second-order valence-corrected chi connectivity index (χ2v) is 5.81. The molecule has 1 fully saturated rings. The Bertz CT molecular complexity index is 446. The summed E-state index contributed by atoms with van der Waals surface area (Å²) in [5, 5.41) is 0. The molecule has 1 saturated heterocycles. The lowest BCUT2D eigenvalue weighted by atomic mass is 10.1. The van der Waals surface area contributed by atoms with Crippen molar-refractivity contribution in [2.45, 2.75) is 32.2 Å². The van der Waals surface area contributed by atoms with Crippen LogP contribution in [0.2, 0.25) is 0 Å². The van der Waals surface area contributed by atoms with Gasteiger partial charge in [0.15, 0.2) is 0 Å². The van der Waals surface area contributed by atoms with Gasteiger partial charge in [0.05, 0.1) is 7.11 Å². The Balaban J connectivity index is 1.85. The Labute approximate surface area is 125 Å². The molecular formula is C16H22ClNO2. The van der Waals surface area contributed by atoms with Crippen LogP contribution in [-0.4, -0.2) is 36.4 Å². The molecule has 2 rings (SSSR count). The fraction of sp³-hybridized carbons (Fsp3) is 0.562. The van der Waals surface area contributed by atoms with E-state index in [4.69, 9.17) is 16.3 Å². The third-order valence-corrected chi connectivity index (χ3v) is 4.44. The van der Waals surface area contributed by atoms with E-state index >= 15 is 0 Å². The number of amides is 1. The first kappa shape index (κ1) is 15.2. The van der Waals surface area contributed by atoms with Crippen LogP contribution in [0, 0.1) is 5.92 Å². The Morgan fingerprint density at radius 3 is 2.65 bits per heavy atom. The number of alkyl halides is 1. The average molecular weight is 296 g/mol. The van der Waals surface area contributed by atoms with Gasteiger partial charge in [-0.2, -0.15) is 0 Å². The van der Waals surface area contributed by atoms with Crippen molar-refractivity contribution in [3.05, 3.63) is 29.8 Å². The summed E-state index contributed by atoms with van der Waals surface area (Å²) in [5.74, 6) is 2.03. The largest absolute Gasteiger partial charge is 0.497 e. The van der Waals surface area contributed by atoms with Gasteiger partial charge in [-0.05, 0) is 43.4 Å². The van der Waals surface area contributed by atoms with Crippen LogP contribution in [0.3, 0.4) is 0 Å². The van der Waals surface area contributed by atoms with Crippen LogP contribution in [0.25, 0.3) is 0 Å². The molecule has 2 unspecified atom stereocenters. The minimum atomic E-state index is 0.248. The van der Waals surface area contributed by atoms with Crippen molar-refractivity contribution < 1.29 is 9.53 Å². The zero-order chi connectivity index (χ0) is 14.5. The highest BCUT2D eigenvalue weighted by Gasteiger charge is 2.31. The van der Waals surface area contributed by atoms with E-state index in [0.29, 0.717) is 18.2 Å². The first-order valence-corrected chi connectivity index (χ1v) is 7.66. The molecule has 1 aliphatic rings. The Morgan fingerprint density at radius 2 is 2.10 bits per heavy atom. The van der Waals surface area contributed by atoms with Gasteiger partial charge in [-0.25, -0.2) is 0 Å². The quantitative estimate of drug-likeness (QED) is 0.755. The van der Waals surface area contributed by atoms with Crippen molar-refractivity contribution in [3.8, 4) is 5.75 Å². The molecule has 1 heterocycles. The van der Waals surface area contributed by atoms with Crippen LogP contribution in [0.15, 0.2) is 24.3 Å². The van der Waals surface area contributed by atoms with E-state index in [0.717, 1.165) is 25.1 Å². The molecule has 1 amide bonds. The molecule has 1 aliphatic heterocycles. The summed E-state index contributed by atoms with van der Waals surface area (Å²) in [7, 11) is 1.67. The maximum atomic E-state index is 11.9. The summed E-state index contributed by atoms with van der Waals surface area (Å²) in [6.07, 6.45) is 2.56. The van der Waals surface area contributed by atoms with Crippen LogP contribution in [-0.2, 0) is 11.2 Å².